The van der Waals surface area contributed by atoms with Gasteiger partial charge < -0.3 is 14.8 Å². The van der Waals surface area contributed by atoms with Gasteiger partial charge in [-0.25, -0.2) is 9.97 Å². The summed E-state index contributed by atoms with van der Waals surface area (Å²) in [7, 11) is 3.38. The zero-order chi connectivity index (χ0) is 26.6. The number of hydrogen-bond acceptors (Lipinski definition) is 7. The van der Waals surface area contributed by atoms with Crippen LogP contribution < -0.4 is 14.8 Å². The minimum Gasteiger partial charge on any atom is -0.493 e. The zero-order valence-electron chi connectivity index (χ0n) is 22.2. The summed E-state index contributed by atoms with van der Waals surface area (Å²) in [6.07, 6.45) is 5.53. The van der Waals surface area contributed by atoms with Gasteiger partial charge in [-0.15, -0.1) is 0 Å². The number of ether oxygens (including phenoxy) is 2. The van der Waals surface area contributed by atoms with Crippen molar-refractivity contribution in [3.63, 3.8) is 0 Å². The highest BCUT2D eigenvalue weighted by molar-refractivity contribution is 5.92. The fourth-order valence-electron chi connectivity index (χ4n) is 5.11. The predicted octanol–water partition coefficient (Wildman–Crippen LogP) is 6.05. The van der Waals surface area contributed by atoms with Gasteiger partial charge in [-0.05, 0) is 78.1 Å². The first-order valence-corrected chi connectivity index (χ1v) is 13.2. The second-order valence-electron chi connectivity index (χ2n) is 9.72. The molecule has 0 bridgehead atoms. The lowest BCUT2D eigenvalue weighted by atomic mass is 9.98. The Labute approximate surface area is 228 Å². The van der Waals surface area contributed by atoms with Gasteiger partial charge in [-0.1, -0.05) is 24.3 Å². The maximum atomic E-state index is 5.51. The molecule has 1 aliphatic heterocycles. The van der Waals surface area contributed by atoms with Crippen LogP contribution in [0.1, 0.15) is 16.7 Å². The molecule has 1 N–H and O–H groups in total. The van der Waals surface area contributed by atoms with E-state index in [9.17, 15) is 0 Å². The quantitative estimate of drug-likeness (QED) is 0.268. The Morgan fingerprint density at radius 3 is 2.36 bits per heavy atom. The van der Waals surface area contributed by atoms with E-state index in [1.807, 2.05) is 36.4 Å². The normalized spacial score (nSPS) is 13.2. The molecule has 1 aliphatic rings. The van der Waals surface area contributed by atoms with Crippen molar-refractivity contribution >= 4 is 22.4 Å². The molecule has 0 fully saturated rings. The molecule has 5 aromatic rings. The van der Waals surface area contributed by atoms with Crippen LogP contribution in [0, 0.1) is 0 Å². The lowest BCUT2D eigenvalue weighted by Gasteiger charge is -2.29. The Morgan fingerprint density at radius 2 is 1.59 bits per heavy atom. The van der Waals surface area contributed by atoms with Gasteiger partial charge in [0, 0.05) is 48.7 Å². The van der Waals surface area contributed by atoms with Crippen molar-refractivity contribution in [1.29, 1.82) is 0 Å². The Bertz CT molecular complexity index is 1590. The van der Waals surface area contributed by atoms with E-state index in [4.69, 9.17) is 19.4 Å². The van der Waals surface area contributed by atoms with Gasteiger partial charge in [0.1, 0.15) is 5.82 Å². The minimum absolute atomic E-state index is 0.675. The third-order valence-electron chi connectivity index (χ3n) is 7.27. The van der Waals surface area contributed by atoms with Crippen molar-refractivity contribution in [1.82, 2.24) is 19.9 Å². The predicted molar refractivity (Wildman–Crippen MR) is 155 cm³/mol. The van der Waals surface area contributed by atoms with Crippen LogP contribution in [0.4, 0.5) is 11.5 Å². The Balaban J connectivity index is 1.14. The summed E-state index contributed by atoms with van der Waals surface area (Å²) < 4.78 is 11.0. The Morgan fingerprint density at radius 1 is 0.846 bits per heavy atom. The van der Waals surface area contributed by atoms with Crippen molar-refractivity contribution in [3.05, 3.63) is 102 Å². The molecule has 0 atom stereocenters. The minimum atomic E-state index is 0.675. The van der Waals surface area contributed by atoms with Gasteiger partial charge in [0.25, 0.3) is 0 Å². The van der Waals surface area contributed by atoms with Gasteiger partial charge in [0.05, 0.1) is 19.7 Å². The molecular weight excluding hydrogens is 486 g/mol. The van der Waals surface area contributed by atoms with Gasteiger partial charge in [0.15, 0.2) is 17.3 Å². The number of anilines is 2. The van der Waals surface area contributed by atoms with E-state index in [0.29, 0.717) is 5.82 Å². The molecule has 0 spiro atoms. The Hall–Kier alpha value is -4.49. The molecule has 7 heteroatoms. The molecule has 0 unspecified atom stereocenters. The highest BCUT2D eigenvalue weighted by Crippen LogP contribution is 2.33. The third kappa shape index (κ3) is 5.40. The average molecular weight is 518 g/mol. The van der Waals surface area contributed by atoms with Crippen LogP contribution in [0.25, 0.3) is 22.3 Å². The first-order valence-electron chi connectivity index (χ1n) is 13.2. The molecule has 0 amide bonds. The number of nitrogens with zero attached hydrogens (tertiary/aromatic N) is 4. The monoisotopic (exact) mass is 517 g/mol. The largest absolute Gasteiger partial charge is 0.493 e. The van der Waals surface area contributed by atoms with Crippen LogP contribution in [0.2, 0.25) is 0 Å². The number of pyridine rings is 1. The summed E-state index contributed by atoms with van der Waals surface area (Å²) in [6, 6.07) is 24.8. The molecule has 0 radical (unpaired) electrons. The number of para-hydroxylation sites is 1. The number of nitrogens with one attached hydrogen (secondary N) is 1. The number of aromatic nitrogens is 3. The van der Waals surface area contributed by atoms with Crippen molar-refractivity contribution in [3.8, 4) is 22.9 Å². The maximum Gasteiger partial charge on any atom is 0.162 e. The van der Waals surface area contributed by atoms with Crippen molar-refractivity contribution in [2.75, 3.05) is 32.6 Å². The number of methoxy groups -OCH3 is 2. The number of hydrogen-bond donors (Lipinski definition) is 1. The van der Waals surface area contributed by atoms with Gasteiger partial charge in [0.2, 0.25) is 0 Å². The molecular formula is C32H31N5O2. The molecule has 6 rings (SSSR count). The standard InChI is InChI=1S/C32H31N5O2/c1-38-29-19-24-14-18-37(21-25(24)20-30(29)39-2)17-13-22-7-9-26(10-8-22)34-32-27-5-3-4-6-28(27)35-31(36-32)23-11-15-33-16-12-23/h3-12,15-16,19-20H,13-14,17-18,21H2,1-2H3,(H,34,35,36). The maximum absolute atomic E-state index is 5.51. The number of benzene rings is 3. The van der Waals surface area contributed by atoms with E-state index in [2.05, 4.69) is 51.6 Å². The second kappa shape index (κ2) is 11.1. The summed E-state index contributed by atoms with van der Waals surface area (Å²) in [5.74, 6) is 3.07. The molecule has 0 saturated carbocycles. The lowest BCUT2D eigenvalue weighted by Crippen LogP contribution is -2.32. The van der Waals surface area contributed by atoms with E-state index in [1.54, 1.807) is 26.6 Å². The highest BCUT2D eigenvalue weighted by atomic mass is 16.5. The molecule has 39 heavy (non-hydrogen) atoms. The zero-order valence-corrected chi connectivity index (χ0v) is 22.2. The summed E-state index contributed by atoms with van der Waals surface area (Å²) in [5.41, 5.74) is 6.81. The van der Waals surface area contributed by atoms with Crippen molar-refractivity contribution in [2.24, 2.45) is 0 Å². The van der Waals surface area contributed by atoms with Crippen LogP contribution in [-0.4, -0.2) is 47.2 Å². The molecule has 3 heterocycles. The molecule has 196 valence electrons. The second-order valence-corrected chi connectivity index (χ2v) is 9.72. The van der Waals surface area contributed by atoms with Crippen LogP contribution in [-0.2, 0) is 19.4 Å². The fourth-order valence-corrected chi connectivity index (χ4v) is 5.11. The Kier molecular flexibility index (Phi) is 7.06. The summed E-state index contributed by atoms with van der Waals surface area (Å²) in [6.45, 7) is 2.98. The first kappa shape index (κ1) is 24.8. The van der Waals surface area contributed by atoms with Crippen molar-refractivity contribution < 1.29 is 9.47 Å². The summed E-state index contributed by atoms with van der Waals surface area (Å²) in [4.78, 5) is 16.2. The fraction of sp³-hybridized carbons (Fsp3) is 0.219. The summed E-state index contributed by atoms with van der Waals surface area (Å²) in [5, 5.41) is 4.51. The van der Waals surface area contributed by atoms with E-state index in [0.717, 1.165) is 71.9 Å². The van der Waals surface area contributed by atoms with Crippen LogP contribution in [0.5, 0.6) is 11.5 Å². The first-order chi connectivity index (χ1) is 19.2. The highest BCUT2D eigenvalue weighted by Gasteiger charge is 2.19. The van der Waals surface area contributed by atoms with Gasteiger partial charge in [-0.3, -0.25) is 9.88 Å². The number of fused-ring (bicyclic) bond motifs is 2. The summed E-state index contributed by atoms with van der Waals surface area (Å²) >= 11 is 0. The van der Waals surface area contributed by atoms with E-state index in [-0.39, 0.29) is 0 Å². The molecule has 0 saturated heterocycles. The molecule has 2 aromatic heterocycles. The van der Waals surface area contributed by atoms with Gasteiger partial charge in [-0.2, -0.15) is 0 Å². The molecule has 7 nitrogen and oxygen atoms in total. The molecule has 0 aliphatic carbocycles. The SMILES string of the molecule is COc1cc2c(cc1OC)CN(CCc1ccc(Nc3nc(-c4ccncc4)nc4ccccc34)cc1)CC2. The third-order valence-corrected chi connectivity index (χ3v) is 7.27. The van der Waals surface area contributed by atoms with Crippen molar-refractivity contribution in [2.45, 2.75) is 19.4 Å². The smallest absolute Gasteiger partial charge is 0.162 e. The van der Waals surface area contributed by atoms with Crippen LogP contribution in [0.3, 0.4) is 0 Å². The van der Waals surface area contributed by atoms with E-state index in [1.165, 1.54) is 16.7 Å². The molecule has 3 aromatic carbocycles. The average Bonchev–Trinajstić information content (AvgIpc) is 3.00. The lowest BCUT2D eigenvalue weighted by molar-refractivity contribution is 0.255. The van der Waals surface area contributed by atoms with Crippen LogP contribution >= 0.6 is 0 Å². The number of rotatable bonds is 8. The van der Waals surface area contributed by atoms with Gasteiger partial charge >= 0.3 is 0 Å². The van der Waals surface area contributed by atoms with E-state index >= 15 is 0 Å². The van der Waals surface area contributed by atoms with E-state index < -0.39 is 0 Å². The van der Waals surface area contributed by atoms with Crippen LogP contribution in [0.15, 0.2) is 85.2 Å². The topological polar surface area (TPSA) is 72.4 Å².